The smallest absolute Gasteiger partial charge is 0.345 e. The first-order valence-electron chi connectivity index (χ1n) is 8.61. The van der Waals surface area contributed by atoms with Crippen LogP contribution in [-0.4, -0.2) is 26.8 Å². The van der Waals surface area contributed by atoms with Crippen molar-refractivity contribution in [2.24, 2.45) is 13.0 Å². The number of amides is 1. The first-order valence-corrected chi connectivity index (χ1v) is 8.61. The zero-order valence-corrected chi connectivity index (χ0v) is 14.1. The first-order chi connectivity index (χ1) is 11.6. The molecule has 1 heterocycles. The summed E-state index contributed by atoms with van der Waals surface area (Å²) in [5.74, 6) is 1.25. The molecule has 1 aliphatic rings. The van der Waals surface area contributed by atoms with E-state index in [1.165, 1.54) is 22.1 Å². The quantitative estimate of drug-likeness (QED) is 0.881. The minimum absolute atomic E-state index is 0.0779. The summed E-state index contributed by atoms with van der Waals surface area (Å²) in [5.41, 5.74) is 0.736. The zero-order chi connectivity index (χ0) is 16.9. The molecule has 1 amide bonds. The maximum Gasteiger partial charge on any atom is 0.345 e. The monoisotopic (exact) mass is 328 g/mol. The molecule has 2 aromatic rings. The van der Waals surface area contributed by atoms with E-state index < -0.39 is 0 Å². The highest BCUT2D eigenvalue weighted by Crippen LogP contribution is 2.27. The van der Waals surface area contributed by atoms with Crippen molar-refractivity contribution in [3.05, 3.63) is 40.8 Å². The van der Waals surface area contributed by atoms with Crippen molar-refractivity contribution in [1.82, 2.24) is 19.7 Å². The van der Waals surface area contributed by atoms with Crippen molar-refractivity contribution >= 4 is 5.91 Å². The molecule has 0 spiro atoms. The average Bonchev–Trinajstić information content (AvgIpc) is 3.19. The van der Waals surface area contributed by atoms with Crippen LogP contribution in [0.2, 0.25) is 0 Å². The van der Waals surface area contributed by atoms with E-state index in [-0.39, 0.29) is 11.6 Å². The van der Waals surface area contributed by atoms with Gasteiger partial charge in [0.1, 0.15) is 0 Å². The lowest BCUT2D eigenvalue weighted by atomic mass is 10.0. The Morgan fingerprint density at radius 3 is 2.67 bits per heavy atom. The molecule has 1 saturated carbocycles. The third kappa shape index (κ3) is 3.75. The summed E-state index contributed by atoms with van der Waals surface area (Å²) in [5, 5.41) is 7.30. The number of nitrogens with zero attached hydrogens (tertiary/aromatic N) is 3. The van der Waals surface area contributed by atoms with Crippen LogP contribution in [0.3, 0.4) is 0 Å². The lowest BCUT2D eigenvalue weighted by Gasteiger charge is -2.09. The zero-order valence-electron chi connectivity index (χ0n) is 14.1. The van der Waals surface area contributed by atoms with Gasteiger partial charge in [0.2, 0.25) is 5.91 Å². The van der Waals surface area contributed by atoms with Gasteiger partial charge in [-0.1, -0.05) is 43.2 Å². The number of aromatic nitrogens is 3. The number of rotatable bonds is 6. The van der Waals surface area contributed by atoms with E-state index in [0.29, 0.717) is 31.3 Å². The fourth-order valence-corrected chi connectivity index (χ4v) is 3.32. The summed E-state index contributed by atoms with van der Waals surface area (Å²) in [4.78, 5) is 24.2. The van der Waals surface area contributed by atoms with E-state index in [1.807, 2.05) is 30.3 Å². The third-order valence-corrected chi connectivity index (χ3v) is 4.67. The SMILES string of the molecule is Cn1c(-c2ccccc2)nn(CCNC(=O)CC2CCCC2)c1=O. The summed E-state index contributed by atoms with van der Waals surface area (Å²) in [7, 11) is 1.72. The van der Waals surface area contributed by atoms with Crippen molar-refractivity contribution in [2.45, 2.75) is 38.6 Å². The van der Waals surface area contributed by atoms with Gasteiger partial charge >= 0.3 is 5.69 Å². The topological polar surface area (TPSA) is 68.9 Å². The second kappa shape index (κ2) is 7.47. The Labute approximate surface area is 141 Å². The first kappa shape index (κ1) is 16.5. The standard InChI is InChI=1S/C18H24N4O2/c1-21-17(15-9-3-2-4-10-15)20-22(18(21)24)12-11-19-16(23)13-14-7-5-6-8-14/h2-4,9-10,14H,5-8,11-13H2,1H3,(H,19,23). The molecule has 1 aromatic carbocycles. The molecular formula is C18H24N4O2. The maximum absolute atomic E-state index is 12.3. The summed E-state index contributed by atoms with van der Waals surface area (Å²) in [6, 6.07) is 9.62. The molecule has 0 aliphatic heterocycles. The van der Waals surface area contributed by atoms with E-state index in [2.05, 4.69) is 10.4 Å². The van der Waals surface area contributed by atoms with Gasteiger partial charge in [0.15, 0.2) is 5.82 Å². The Morgan fingerprint density at radius 2 is 1.96 bits per heavy atom. The molecule has 1 N–H and O–H groups in total. The van der Waals surface area contributed by atoms with Crippen LogP contribution >= 0.6 is 0 Å². The summed E-state index contributed by atoms with van der Waals surface area (Å²) in [6.45, 7) is 0.812. The fraction of sp³-hybridized carbons (Fsp3) is 0.500. The largest absolute Gasteiger partial charge is 0.354 e. The van der Waals surface area contributed by atoms with Gasteiger partial charge in [-0.3, -0.25) is 9.36 Å². The van der Waals surface area contributed by atoms with E-state index in [4.69, 9.17) is 0 Å². The van der Waals surface area contributed by atoms with E-state index in [1.54, 1.807) is 7.05 Å². The second-order valence-electron chi connectivity index (χ2n) is 6.46. The lowest BCUT2D eigenvalue weighted by molar-refractivity contribution is -0.122. The number of hydrogen-bond acceptors (Lipinski definition) is 3. The molecule has 3 rings (SSSR count). The fourth-order valence-electron chi connectivity index (χ4n) is 3.32. The van der Waals surface area contributed by atoms with Gasteiger partial charge < -0.3 is 5.32 Å². The van der Waals surface area contributed by atoms with Crippen molar-refractivity contribution in [2.75, 3.05) is 6.54 Å². The van der Waals surface area contributed by atoms with Crippen molar-refractivity contribution in [1.29, 1.82) is 0 Å². The number of benzene rings is 1. The van der Waals surface area contributed by atoms with Crippen molar-refractivity contribution in [3.8, 4) is 11.4 Å². The van der Waals surface area contributed by atoms with Gasteiger partial charge in [0, 0.05) is 25.6 Å². The molecule has 24 heavy (non-hydrogen) atoms. The molecule has 1 fully saturated rings. The Kier molecular flexibility index (Phi) is 5.13. The van der Waals surface area contributed by atoms with Gasteiger partial charge in [-0.15, -0.1) is 5.10 Å². The molecule has 0 atom stereocenters. The summed E-state index contributed by atoms with van der Waals surface area (Å²) >= 11 is 0. The van der Waals surface area contributed by atoms with Crippen LogP contribution in [-0.2, 0) is 18.4 Å². The molecule has 128 valence electrons. The molecule has 0 bridgehead atoms. The molecule has 1 aliphatic carbocycles. The van der Waals surface area contributed by atoms with Crippen LogP contribution in [0.15, 0.2) is 35.1 Å². The van der Waals surface area contributed by atoms with Crippen LogP contribution in [0.4, 0.5) is 0 Å². The Morgan fingerprint density at radius 1 is 1.25 bits per heavy atom. The predicted molar refractivity (Wildman–Crippen MR) is 92.5 cm³/mol. The lowest BCUT2D eigenvalue weighted by Crippen LogP contribution is -2.32. The molecule has 1 aromatic heterocycles. The van der Waals surface area contributed by atoms with Crippen LogP contribution in [0.1, 0.15) is 32.1 Å². The van der Waals surface area contributed by atoms with Crippen LogP contribution in [0.25, 0.3) is 11.4 Å². The number of carbonyl (C=O) groups excluding carboxylic acids is 1. The number of nitrogens with one attached hydrogen (secondary N) is 1. The highest BCUT2D eigenvalue weighted by molar-refractivity contribution is 5.76. The van der Waals surface area contributed by atoms with E-state index in [9.17, 15) is 9.59 Å². The summed E-state index contributed by atoms with van der Waals surface area (Å²) < 4.78 is 2.95. The van der Waals surface area contributed by atoms with Crippen molar-refractivity contribution in [3.63, 3.8) is 0 Å². The highest BCUT2D eigenvalue weighted by Gasteiger charge is 2.18. The highest BCUT2D eigenvalue weighted by atomic mass is 16.2. The Balaban J connectivity index is 1.57. The molecule has 6 heteroatoms. The van der Waals surface area contributed by atoms with Crippen LogP contribution in [0, 0.1) is 5.92 Å². The van der Waals surface area contributed by atoms with E-state index in [0.717, 1.165) is 18.4 Å². The predicted octanol–water partition coefficient (Wildman–Crippen LogP) is 1.95. The average molecular weight is 328 g/mol. The van der Waals surface area contributed by atoms with Crippen LogP contribution < -0.4 is 11.0 Å². The second-order valence-corrected chi connectivity index (χ2v) is 6.46. The number of hydrogen-bond donors (Lipinski definition) is 1. The molecular weight excluding hydrogens is 304 g/mol. The molecule has 0 unspecified atom stereocenters. The minimum Gasteiger partial charge on any atom is -0.354 e. The van der Waals surface area contributed by atoms with Gasteiger partial charge in [0.25, 0.3) is 0 Å². The van der Waals surface area contributed by atoms with E-state index >= 15 is 0 Å². The molecule has 0 saturated heterocycles. The summed E-state index contributed by atoms with van der Waals surface area (Å²) in [6.07, 6.45) is 5.40. The van der Waals surface area contributed by atoms with Gasteiger partial charge in [-0.2, -0.15) is 0 Å². The Bertz CT molecular complexity index is 742. The number of carbonyl (C=O) groups is 1. The molecule has 6 nitrogen and oxygen atoms in total. The van der Waals surface area contributed by atoms with Crippen LogP contribution in [0.5, 0.6) is 0 Å². The Hall–Kier alpha value is -2.37. The van der Waals surface area contributed by atoms with Gasteiger partial charge in [-0.05, 0) is 18.8 Å². The molecule has 0 radical (unpaired) electrons. The normalized spacial score (nSPS) is 14.9. The maximum atomic E-state index is 12.3. The minimum atomic E-state index is -0.168. The third-order valence-electron chi connectivity index (χ3n) is 4.67. The van der Waals surface area contributed by atoms with Gasteiger partial charge in [0.05, 0.1) is 6.54 Å². The van der Waals surface area contributed by atoms with Crippen molar-refractivity contribution < 1.29 is 4.79 Å². The van der Waals surface area contributed by atoms with Gasteiger partial charge in [-0.25, -0.2) is 9.48 Å².